The van der Waals surface area contributed by atoms with Crippen molar-refractivity contribution < 1.29 is 14.7 Å². The first-order valence-electron chi connectivity index (χ1n) is 7.39. The van der Waals surface area contributed by atoms with Gasteiger partial charge in [-0.15, -0.1) is 0 Å². The quantitative estimate of drug-likeness (QED) is 0.872. The van der Waals surface area contributed by atoms with E-state index < -0.39 is 5.97 Å². The molecular weight excluding hydrogens is 270 g/mol. The molecule has 2 atom stereocenters. The molecule has 2 unspecified atom stereocenters. The van der Waals surface area contributed by atoms with Gasteiger partial charge in [-0.1, -0.05) is 6.07 Å². The van der Waals surface area contributed by atoms with Crippen molar-refractivity contribution in [2.24, 2.45) is 0 Å². The highest BCUT2D eigenvalue weighted by molar-refractivity contribution is 5.94. The van der Waals surface area contributed by atoms with E-state index in [4.69, 9.17) is 5.11 Å². The normalized spacial score (nSPS) is 25.3. The summed E-state index contributed by atoms with van der Waals surface area (Å²) in [6.07, 6.45) is 4.37. The molecule has 6 heteroatoms. The monoisotopic (exact) mass is 289 g/mol. The smallest absolute Gasteiger partial charge is 0.354 e. The second-order valence-corrected chi connectivity index (χ2v) is 5.74. The van der Waals surface area contributed by atoms with Gasteiger partial charge in [0.2, 0.25) is 0 Å². The molecule has 3 heterocycles. The van der Waals surface area contributed by atoms with Crippen LogP contribution in [0.25, 0.3) is 0 Å². The summed E-state index contributed by atoms with van der Waals surface area (Å²) in [6.45, 7) is 2.20. The number of fused-ring (bicyclic) bond motifs is 1. The highest BCUT2D eigenvalue weighted by atomic mass is 16.4. The number of piperidine rings is 1. The van der Waals surface area contributed by atoms with Gasteiger partial charge in [0.05, 0.1) is 0 Å². The second-order valence-electron chi connectivity index (χ2n) is 5.74. The van der Waals surface area contributed by atoms with E-state index in [1.54, 1.807) is 12.1 Å². The Morgan fingerprint density at radius 1 is 1.24 bits per heavy atom. The molecule has 21 heavy (non-hydrogen) atoms. The summed E-state index contributed by atoms with van der Waals surface area (Å²) in [7, 11) is 0. The lowest BCUT2D eigenvalue weighted by Gasteiger charge is -2.35. The van der Waals surface area contributed by atoms with Crippen molar-refractivity contribution in [2.75, 3.05) is 13.1 Å². The number of amides is 1. The van der Waals surface area contributed by atoms with Crippen LogP contribution in [0, 0.1) is 0 Å². The molecule has 0 aliphatic carbocycles. The number of carboxylic acid groups (broad SMARTS) is 1. The summed E-state index contributed by atoms with van der Waals surface area (Å²) in [4.78, 5) is 29.5. The van der Waals surface area contributed by atoms with Crippen LogP contribution in [0.4, 0.5) is 0 Å². The van der Waals surface area contributed by atoms with Gasteiger partial charge in [-0.2, -0.15) is 0 Å². The molecule has 1 amide bonds. The molecule has 6 nitrogen and oxygen atoms in total. The largest absolute Gasteiger partial charge is 0.477 e. The predicted molar refractivity (Wildman–Crippen MR) is 76.3 cm³/mol. The number of carboxylic acids is 1. The van der Waals surface area contributed by atoms with E-state index in [-0.39, 0.29) is 23.3 Å². The second kappa shape index (κ2) is 5.81. The minimum Gasteiger partial charge on any atom is -0.477 e. The maximum atomic E-state index is 12.2. The highest BCUT2D eigenvalue weighted by Gasteiger charge is 2.32. The number of carbonyl (C=O) groups excluding carboxylic acids is 1. The van der Waals surface area contributed by atoms with E-state index in [2.05, 4.69) is 15.2 Å². The van der Waals surface area contributed by atoms with Gasteiger partial charge in [-0.05, 0) is 44.4 Å². The highest BCUT2D eigenvalue weighted by Crippen LogP contribution is 2.26. The van der Waals surface area contributed by atoms with Gasteiger partial charge >= 0.3 is 5.97 Å². The Hall–Kier alpha value is -1.95. The molecule has 112 valence electrons. The number of pyridine rings is 1. The van der Waals surface area contributed by atoms with Gasteiger partial charge in [0.25, 0.3) is 5.91 Å². The van der Waals surface area contributed by atoms with Crippen molar-refractivity contribution in [3.63, 3.8) is 0 Å². The number of hydrogen-bond acceptors (Lipinski definition) is 4. The molecule has 1 aromatic heterocycles. The molecule has 2 N–H and O–H groups in total. The maximum absolute atomic E-state index is 12.2. The Bertz CT molecular complexity index is 561. The van der Waals surface area contributed by atoms with Crippen molar-refractivity contribution in [3.05, 3.63) is 29.6 Å². The van der Waals surface area contributed by atoms with Gasteiger partial charge in [0.15, 0.2) is 0 Å². The topological polar surface area (TPSA) is 82.5 Å². The lowest BCUT2D eigenvalue weighted by Crippen LogP contribution is -2.47. The molecular formula is C15H19N3O3. The van der Waals surface area contributed by atoms with Crippen molar-refractivity contribution in [2.45, 2.75) is 37.8 Å². The molecule has 0 saturated carbocycles. The van der Waals surface area contributed by atoms with Crippen molar-refractivity contribution in [3.8, 4) is 0 Å². The van der Waals surface area contributed by atoms with Crippen LogP contribution in [-0.4, -0.2) is 52.0 Å². The summed E-state index contributed by atoms with van der Waals surface area (Å²) >= 11 is 0. The zero-order chi connectivity index (χ0) is 14.8. The van der Waals surface area contributed by atoms with Crippen LogP contribution >= 0.6 is 0 Å². The number of hydrogen-bond donors (Lipinski definition) is 2. The Morgan fingerprint density at radius 3 is 2.86 bits per heavy atom. The van der Waals surface area contributed by atoms with Crippen LogP contribution in [0.15, 0.2) is 18.2 Å². The van der Waals surface area contributed by atoms with Crippen LogP contribution in [0.2, 0.25) is 0 Å². The molecule has 2 aliphatic rings. The van der Waals surface area contributed by atoms with Crippen LogP contribution < -0.4 is 5.32 Å². The lowest BCUT2D eigenvalue weighted by molar-refractivity contribution is 0.0690. The first-order valence-corrected chi connectivity index (χ1v) is 7.39. The van der Waals surface area contributed by atoms with Crippen molar-refractivity contribution >= 4 is 11.9 Å². The molecule has 0 bridgehead atoms. The average molecular weight is 289 g/mol. The molecule has 0 spiro atoms. The number of carbonyl (C=O) groups is 2. The average Bonchev–Trinajstić information content (AvgIpc) is 2.95. The van der Waals surface area contributed by atoms with Crippen molar-refractivity contribution in [1.29, 1.82) is 0 Å². The Labute approximate surface area is 123 Å². The Kier molecular flexibility index (Phi) is 3.88. The number of aromatic carboxylic acids is 1. The van der Waals surface area contributed by atoms with Crippen LogP contribution in [0.5, 0.6) is 0 Å². The molecule has 0 aromatic carbocycles. The van der Waals surface area contributed by atoms with E-state index in [1.807, 2.05) is 0 Å². The van der Waals surface area contributed by atoms with E-state index in [9.17, 15) is 9.59 Å². The minimum absolute atomic E-state index is 0.103. The molecule has 2 fully saturated rings. The zero-order valence-corrected chi connectivity index (χ0v) is 11.8. The van der Waals surface area contributed by atoms with Crippen LogP contribution in [-0.2, 0) is 0 Å². The van der Waals surface area contributed by atoms with E-state index in [1.165, 1.54) is 25.5 Å². The van der Waals surface area contributed by atoms with Crippen LogP contribution in [0.1, 0.15) is 46.7 Å². The Balaban J connectivity index is 1.63. The summed E-state index contributed by atoms with van der Waals surface area (Å²) in [5.74, 6) is -1.40. The lowest BCUT2D eigenvalue weighted by atomic mass is 9.97. The molecule has 2 aliphatic heterocycles. The van der Waals surface area contributed by atoms with Gasteiger partial charge in [-0.3, -0.25) is 4.79 Å². The molecule has 2 saturated heterocycles. The summed E-state index contributed by atoms with van der Waals surface area (Å²) in [5.41, 5.74) is 0.0667. The Morgan fingerprint density at radius 2 is 2.05 bits per heavy atom. The van der Waals surface area contributed by atoms with E-state index >= 15 is 0 Å². The number of aromatic nitrogens is 1. The fourth-order valence-electron chi connectivity index (χ4n) is 3.30. The first-order chi connectivity index (χ1) is 10.1. The third kappa shape index (κ3) is 3.05. The van der Waals surface area contributed by atoms with E-state index in [0.29, 0.717) is 6.04 Å². The molecule has 1 aromatic rings. The van der Waals surface area contributed by atoms with Gasteiger partial charge in [0, 0.05) is 18.6 Å². The minimum atomic E-state index is -1.12. The van der Waals surface area contributed by atoms with Crippen LogP contribution in [0.3, 0.4) is 0 Å². The maximum Gasteiger partial charge on any atom is 0.354 e. The van der Waals surface area contributed by atoms with E-state index in [0.717, 1.165) is 19.4 Å². The fraction of sp³-hybridized carbons (Fsp3) is 0.533. The van der Waals surface area contributed by atoms with Crippen molar-refractivity contribution in [1.82, 2.24) is 15.2 Å². The predicted octanol–water partition coefficient (Wildman–Crippen LogP) is 1.14. The standard InChI is InChI=1S/C15H19N3O3/c19-14(12-4-1-5-13(17-12)15(20)21)16-10-6-8-18-7-2-3-11(18)9-10/h1,4-5,10-11H,2-3,6-9H2,(H,16,19)(H,20,21). The fourth-order valence-corrected chi connectivity index (χ4v) is 3.30. The zero-order valence-electron chi connectivity index (χ0n) is 11.8. The summed E-state index contributed by atoms with van der Waals surface area (Å²) in [6, 6.07) is 5.22. The molecule has 0 radical (unpaired) electrons. The summed E-state index contributed by atoms with van der Waals surface area (Å²) < 4.78 is 0. The first kappa shape index (κ1) is 14.0. The number of rotatable bonds is 3. The number of nitrogens with one attached hydrogen (secondary N) is 1. The third-order valence-corrected chi connectivity index (χ3v) is 4.36. The van der Waals surface area contributed by atoms with Gasteiger partial charge < -0.3 is 15.3 Å². The van der Waals surface area contributed by atoms with Gasteiger partial charge in [-0.25, -0.2) is 9.78 Å². The van der Waals surface area contributed by atoms with Gasteiger partial charge in [0.1, 0.15) is 11.4 Å². The molecule has 3 rings (SSSR count). The summed E-state index contributed by atoms with van der Waals surface area (Å²) in [5, 5.41) is 11.9. The number of nitrogens with zero attached hydrogens (tertiary/aromatic N) is 2. The SMILES string of the molecule is O=C(O)c1cccc(C(=O)NC2CCN3CCCC3C2)n1. The third-order valence-electron chi connectivity index (χ3n) is 4.36.